The molecule has 0 bridgehead atoms. The fourth-order valence-corrected chi connectivity index (χ4v) is 2.76. The second-order valence-corrected chi connectivity index (χ2v) is 7.06. The molecule has 1 aliphatic heterocycles. The van der Waals surface area contributed by atoms with Crippen molar-refractivity contribution < 1.29 is 13.2 Å². The van der Waals surface area contributed by atoms with Gasteiger partial charge in [-0.1, -0.05) is 25.1 Å². The van der Waals surface area contributed by atoms with Crippen LogP contribution in [0.25, 0.3) is 0 Å². The molecule has 0 aliphatic carbocycles. The Bertz CT molecular complexity index is 544. The lowest BCUT2D eigenvalue weighted by Gasteiger charge is -2.11. The fraction of sp³-hybridized carbons (Fsp3) is 0.462. The molecular weight excluding hydrogens is 264 g/mol. The molecule has 104 valence electrons. The van der Waals surface area contributed by atoms with Crippen LogP contribution in [0.5, 0.6) is 0 Å². The van der Waals surface area contributed by atoms with Gasteiger partial charge < -0.3 is 10.6 Å². The molecule has 0 fully saturated rings. The summed E-state index contributed by atoms with van der Waals surface area (Å²) in [6.45, 7) is 1.77. The van der Waals surface area contributed by atoms with Crippen LogP contribution in [0, 0.1) is 0 Å². The minimum absolute atomic E-state index is 0.00505. The van der Waals surface area contributed by atoms with Gasteiger partial charge in [0.2, 0.25) is 5.91 Å². The van der Waals surface area contributed by atoms with E-state index < -0.39 is 9.84 Å². The molecule has 5 nitrogen and oxygen atoms in total. The van der Waals surface area contributed by atoms with Crippen LogP contribution in [0.4, 0.5) is 5.69 Å². The Labute approximate surface area is 113 Å². The molecule has 1 unspecified atom stereocenters. The molecule has 1 atom stereocenters. The lowest BCUT2D eigenvalue weighted by Crippen LogP contribution is -2.40. The van der Waals surface area contributed by atoms with Crippen molar-refractivity contribution >= 4 is 21.4 Å². The summed E-state index contributed by atoms with van der Waals surface area (Å²) in [6, 6.07) is 7.47. The number of carbonyl (C=O) groups is 1. The lowest BCUT2D eigenvalue weighted by atomic mass is 10.1. The number of benzene rings is 1. The van der Waals surface area contributed by atoms with E-state index in [0.717, 1.165) is 11.3 Å². The topological polar surface area (TPSA) is 75.3 Å². The molecule has 2 N–H and O–H groups in total. The Balaban J connectivity index is 1.84. The van der Waals surface area contributed by atoms with Crippen molar-refractivity contribution in [1.82, 2.24) is 5.32 Å². The zero-order valence-electron chi connectivity index (χ0n) is 10.8. The predicted molar refractivity (Wildman–Crippen MR) is 74.9 cm³/mol. The molecular formula is C13H18N2O3S. The van der Waals surface area contributed by atoms with E-state index in [-0.39, 0.29) is 30.0 Å². The van der Waals surface area contributed by atoms with Gasteiger partial charge in [-0.15, -0.1) is 0 Å². The van der Waals surface area contributed by atoms with Gasteiger partial charge in [0, 0.05) is 24.4 Å². The Kier molecular flexibility index (Phi) is 4.09. The molecule has 0 radical (unpaired) electrons. The third-order valence-corrected chi connectivity index (χ3v) is 4.95. The van der Waals surface area contributed by atoms with E-state index in [1.807, 2.05) is 24.3 Å². The standard InChI is InChI=1S/C13H18N2O3S/c1-2-19(17,18)8-7-14-13(16)12-9-10-5-3-4-6-11(10)15-12/h3-6,12,15H,2,7-9H2,1H3,(H,14,16). The number of carbonyl (C=O) groups excluding carboxylic acids is 1. The van der Waals surface area contributed by atoms with Crippen LogP contribution in [-0.4, -0.2) is 38.4 Å². The monoisotopic (exact) mass is 282 g/mol. The molecule has 6 heteroatoms. The highest BCUT2D eigenvalue weighted by Crippen LogP contribution is 2.24. The normalized spacial score (nSPS) is 17.6. The average molecular weight is 282 g/mol. The Morgan fingerprint density at radius 3 is 2.84 bits per heavy atom. The van der Waals surface area contributed by atoms with E-state index in [4.69, 9.17) is 0 Å². The summed E-state index contributed by atoms with van der Waals surface area (Å²) in [7, 11) is -3.03. The summed E-state index contributed by atoms with van der Waals surface area (Å²) in [5.41, 5.74) is 2.09. The molecule has 1 aromatic rings. The smallest absolute Gasteiger partial charge is 0.242 e. The van der Waals surface area contributed by atoms with Crippen molar-refractivity contribution in [1.29, 1.82) is 0 Å². The largest absolute Gasteiger partial charge is 0.373 e. The van der Waals surface area contributed by atoms with Crippen molar-refractivity contribution in [3.63, 3.8) is 0 Å². The number of fused-ring (bicyclic) bond motifs is 1. The number of sulfone groups is 1. The van der Waals surface area contributed by atoms with E-state index in [9.17, 15) is 13.2 Å². The van der Waals surface area contributed by atoms with E-state index >= 15 is 0 Å². The van der Waals surface area contributed by atoms with Crippen LogP contribution < -0.4 is 10.6 Å². The fourth-order valence-electron chi connectivity index (χ4n) is 2.05. The molecule has 19 heavy (non-hydrogen) atoms. The maximum atomic E-state index is 11.9. The highest BCUT2D eigenvalue weighted by Gasteiger charge is 2.26. The maximum Gasteiger partial charge on any atom is 0.242 e. The van der Waals surface area contributed by atoms with Gasteiger partial charge in [-0.25, -0.2) is 8.42 Å². The van der Waals surface area contributed by atoms with Crippen molar-refractivity contribution in [2.45, 2.75) is 19.4 Å². The van der Waals surface area contributed by atoms with Gasteiger partial charge in [0.15, 0.2) is 9.84 Å². The molecule has 0 spiro atoms. The first-order valence-electron chi connectivity index (χ1n) is 6.34. The highest BCUT2D eigenvalue weighted by molar-refractivity contribution is 7.91. The number of hydrogen-bond acceptors (Lipinski definition) is 4. The molecule has 0 aromatic heterocycles. The average Bonchev–Trinajstić information content (AvgIpc) is 2.82. The SMILES string of the molecule is CCS(=O)(=O)CCNC(=O)C1Cc2ccccc2N1. The van der Waals surface area contributed by atoms with Gasteiger partial charge in [0.05, 0.1) is 5.75 Å². The van der Waals surface area contributed by atoms with Crippen molar-refractivity contribution in [3.05, 3.63) is 29.8 Å². The summed E-state index contributed by atoms with van der Waals surface area (Å²) in [5.74, 6) is -0.0484. The van der Waals surface area contributed by atoms with Gasteiger partial charge in [-0.3, -0.25) is 4.79 Å². The lowest BCUT2D eigenvalue weighted by molar-refractivity contribution is -0.121. The van der Waals surface area contributed by atoms with E-state index in [1.54, 1.807) is 6.92 Å². The third kappa shape index (κ3) is 3.47. The minimum Gasteiger partial charge on any atom is -0.373 e. The predicted octanol–water partition coefficient (Wildman–Crippen LogP) is 0.574. The maximum absolute atomic E-state index is 11.9. The zero-order chi connectivity index (χ0) is 13.9. The number of para-hydroxylation sites is 1. The second kappa shape index (κ2) is 5.61. The molecule has 0 saturated heterocycles. The number of anilines is 1. The molecule has 2 rings (SSSR count). The van der Waals surface area contributed by atoms with Crippen LogP contribution >= 0.6 is 0 Å². The first kappa shape index (κ1) is 13.9. The van der Waals surface area contributed by atoms with Crippen LogP contribution in [0.3, 0.4) is 0 Å². The van der Waals surface area contributed by atoms with Gasteiger partial charge >= 0.3 is 0 Å². The Morgan fingerprint density at radius 1 is 1.42 bits per heavy atom. The molecule has 0 saturated carbocycles. The summed E-state index contributed by atoms with van der Waals surface area (Å²) < 4.78 is 22.6. The minimum atomic E-state index is -3.03. The highest BCUT2D eigenvalue weighted by atomic mass is 32.2. The van der Waals surface area contributed by atoms with E-state index in [1.165, 1.54) is 0 Å². The molecule has 1 amide bonds. The molecule has 1 aromatic carbocycles. The quantitative estimate of drug-likeness (QED) is 0.828. The van der Waals surface area contributed by atoms with Gasteiger partial charge in [-0.2, -0.15) is 0 Å². The van der Waals surface area contributed by atoms with Crippen LogP contribution in [0.1, 0.15) is 12.5 Å². The van der Waals surface area contributed by atoms with Gasteiger partial charge in [-0.05, 0) is 11.6 Å². The van der Waals surface area contributed by atoms with E-state index in [2.05, 4.69) is 10.6 Å². The number of hydrogen-bond donors (Lipinski definition) is 2. The number of amides is 1. The van der Waals surface area contributed by atoms with Crippen molar-refractivity contribution in [2.75, 3.05) is 23.4 Å². The first-order valence-corrected chi connectivity index (χ1v) is 8.16. The number of nitrogens with one attached hydrogen (secondary N) is 2. The first-order chi connectivity index (χ1) is 9.02. The second-order valence-electron chi connectivity index (χ2n) is 4.59. The summed E-state index contributed by atoms with van der Waals surface area (Å²) in [5, 5.41) is 5.80. The van der Waals surface area contributed by atoms with Crippen LogP contribution in [0.15, 0.2) is 24.3 Å². The molecule has 1 heterocycles. The zero-order valence-corrected chi connectivity index (χ0v) is 11.7. The van der Waals surface area contributed by atoms with Crippen molar-refractivity contribution in [2.24, 2.45) is 0 Å². The summed E-state index contributed by atoms with van der Waals surface area (Å²) in [6.07, 6.45) is 0.641. The van der Waals surface area contributed by atoms with Crippen LogP contribution in [-0.2, 0) is 21.1 Å². The van der Waals surface area contributed by atoms with Gasteiger partial charge in [0.1, 0.15) is 6.04 Å². The van der Waals surface area contributed by atoms with Crippen molar-refractivity contribution in [3.8, 4) is 0 Å². The Morgan fingerprint density at radius 2 is 2.16 bits per heavy atom. The molecule has 1 aliphatic rings. The number of rotatable bonds is 5. The van der Waals surface area contributed by atoms with Gasteiger partial charge in [0.25, 0.3) is 0 Å². The summed E-state index contributed by atoms with van der Waals surface area (Å²) in [4.78, 5) is 11.9. The van der Waals surface area contributed by atoms with Crippen LogP contribution in [0.2, 0.25) is 0 Å². The van der Waals surface area contributed by atoms with E-state index in [0.29, 0.717) is 6.42 Å². The third-order valence-electron chi connectivity index (χ3n) is 3.24. The Hall–Kier alpha value is -1.56. The summed E-state index contributed by atoms with van der Waals surface area (Å²) >= 11 is 0.